The van der Waals surface area contributed by atoms with Crippen molar-refractivity contribution in [1.82, 2.24) is 4.98 Å². The molecule has 22 heavy (non-hydrogen) atoms. The van der Waals surface area contributed by atoms with Gasteiger partial charge in [0, 0.05) is 17.1 Å². The minimum absolute atomic E-state index is 0.391. The van der Waals surface area contributed by atoms with Gasteiger partial charge in [0.25, 0.3) is 0 Å². The summed E-state index contributed by atoms with van der Waals surface area (Å²) in [4.78, 5) is 2.93. The van der Waals surface area contributed by atoms with Crippen molar-refractivity contribution in [2.75, 3.05) is 0 Å². The van der Waals surface area contributed by atoms with Crippen molar-refractivity contribution in [2.45, 2.75) is 19.5 Å². The molecule has 0 unspecified atom stereocenters. The molecule has 0 aliphatic carbocycles. The molecule has 0 fully saturated rings. The van der Waals surface area contributed by atoms with Gasteiger partial charge in [-0.05, 0) is 36.2 Å². The number of para-hydroxylation sites is 1. The molecule has 2 nitrogen and oxygen atoms in total. The molecule has 0 saturated heterocycles. The largest absolute Gasteiger partial charge is 0.455 e. The summed E-state index contributed by atoms with van der Waals surface area (Å²) in [7, 11) is 0. The molecule has 5 heteroatoms. The maximum absolute atomic E-state index is 12.8. The lowest BCUT2D eigenvalue weighted by Crippen LogP contribution is -2.04. The number of benzene rings is 2. The van der Waals surface area contributed by atoms with E-state index in [1.807, 2.05) is 31.2 Å². The molecule has 1 N–H and O–H groups in total. The van der Waals surface area contributed by atoms with E-state index in [1.165, 1.54) is 6.07 Å². The molecular weight excluding hydrogens is 291 g/mol. The highest BCUT2D eigenvalue weighted by atomic mass is 19.4. The lowest BCUT2D eigenvalue weighted by Gasteiger charge is -2.10. The summed E-state index contributed by atoms with van der Waals surface area (Å²) in [6.07, 6.45) is -2.01. The van der Waals surface area contributed by atoms with Gasteiger partial charge >= 0.3 is 6.18 Å². The molecule has 1 aromatic heterocycles. The summed E-state index contributed by atoms with van der Waals surface area (Å²) in [5.74, 6) is 1.05. The third kappa shape index (κ3) is 2.66. The van der Waals surface area contributed by atoms with Gasteiger partial charge in [-0.1, -0.05) is 25.1 Å². The highest BCUT2D eigenvalue weighted by Gasteiger charge is 2.30. The van der Waals surface area contributed by atoms with Gasteiger partial charge in [0.15, 0.2) is 5.75 Å². The number of halogens is 3. The molecule has 0 atom stereocenters. The van der Waals surface area contributed by atoms with Gasteiger partial charge in [-0.15, -0.1) is 0 Å². The summed E-state index contributed by atoms with van der Waals surface area (Å²) in [6.45, 7) is 2.00. The number of H-pyrrole nitrogens is 1. The van der Waals surface area contributed by atoms with Crippen LogP contribution in [-0.2, 0) is 12.6 Å². The number of alkyl halides is 3. The second kappa shape index (κ2) is 5.40. The number of fused-ring (bicyclic) bond motifs is 1. The maximum Gasteiger partial charge on any atom is 0.416 e. The fraction of sp³-hybridized carbons (Fsp3) is 0.176. The van der Waals surface area contributed by atoms with Gasteiger partial charge in [0.2, 0.25) is 0 Å². The standard InChI is InChI=1S/C17H14F3NO/c1-2-11-5-3-4-6-15(11)22-16-10-21-14-8-7-12(9-13(14)16)17(18,19)20/h3-10,21H,2H2,1H3. The summed E-state index contributed by atoms with van der Waals surface area (Å²) < 4.78 is 44.4. The highest BCUT2D eigenvalue weighted by molar-refractivity contribution is 5.87. The first kappa shape index (κ1) is 14.5. The zero-order valence-electron chi connectivity index (χ0n) is 11.9. The fourth-order valence-corrected chi connectivity index (χ4v) is 2.37. The van der Waals surface area contributed by atoms with Crippen molar-refractivity contribution in [3.8, 4) is 11.5 Å². The minimum atomic E-state index is -4.37. The molecule has 0 aliphatic rings. The number of rotatable bonds is 3. The molecule has 0 saturated carbocycles. The van der Waals surface area contributed by atoms with Gasteiger partial charge in [-0.3, -0.25) is 0 Å². The smallest absolute Gasteiger partial charge is 0.416 e. The van der Waals surface area contributed by atoms with Crippen molar-refractivity contribution in [3.05, 3.63) is 59.8 Å². The number of aromatic amines is 1. The van der Waals surface area contributed by atoms with Crippen LogP contribution < -0.4 is 4.74 Å². The zero-order valence-corrected chi connectivity index (χ0v) is 11.9. The lowest BCUT2D eigenvalue weighted by molar-refractivity contribution is -0.137. The number of aryl methyl sites for hydroxylation is 1. The lowest BCUT2D eigenvalue weighted by atomic mass is 10.1. The molecule has 2 aromatic carbocycles. The van der Waals surface area contributed by atoms with Crippen molar-refractivity contribution in [2.24, 2.45) is 0 Å². The third-order valence-electron chi connectivity index (χ3n) is 3.54. The Morgan fingerprint density at radius 1 is 1.05 bits per heavy atom. The summed E-state index contributed by atoms with van der Waals surface area (Å²) in [5.41, 5.74) is 0.925. The van der Waals surface area contributed by atoms with E-state index >= 15 is 0 Å². The summed E-state index contributed by atoms with van der Waals surface area (Å²) >= 11 is 0. The van der Waals surface area contributed by atoms with Crippen molar-refractivity contribution in [3.63, 3.8) is 0 Å². The molecule has 0 radical (unpaired) electrons. The first-order valence-corrected chi connectivity index (χ1v) is 6.93. The van der Waals surface area contributed by atoms with Crippen LogP contribution in [0.2, 0.25) is 0 Å². The van der Waals surface area contributed by atoms with Crippen LogP contribution in [0.1, 0.15) is 18.1 Å². The van der Waals surface area contributed by atoms with Gasteiger partial charge < -0.3 is 9.72 Å². The molecule has 0 bridgehead atoms. The molecule has 3 rings (SSSR count). The first-order chi connectivity index (χ1) is 10.5. The summed E-state index contributed by atoms with van der Waals surface area (Å²) in [5, 5.41) is 0.417. The molecule has 0 spiro atoms. The number of ether oxygens (including phenoxy) is 1. The first-order valence-electron chi connectivity index (χ1n) is 6.93. The Labute approximate surface area is 125 Å². The van der Waals surface area contributed by atoms with Gasteiger partial charge in [0.05, 0.1) is 5.56 Å². The molecule has 1 heterocycles. The van der Waals surface area contributed by atoms with Gasteiger partial charge in [-0.2, -0.15) is 13.2 Å². The average molecular weight is 305 g/mol. The second-order valence-corrected chi connectivity index (χ2v) is 4.97. The van der Waals surface area contributed by atoms with Crippen LogP contribution in [0.4, 0.5) is 13.2 Å². The Balaban J connectivity index is 2.04. The molecule has 0 amide bonds. The molecule has 114 valence electrons. The second-order valence-electron chi connectivity index (χ2n) is 4.97. The fourth-order valence-electron chi connectivity index (χ4n) is 2.37. The van der Waals surface area contributed by atoms with E-state index < -0.39 is 11.7 Å². The van der Waals surface area contributed by atoms with Gasteiger partial charge in [0.1, 0.15) is 5.75 Å². The normalized spacial score (nSPS) is 11.8. The van der Waals surface area contributed by atoms with Crippen LogP contribution in [0, 0.1) is 0 Å². The van der Waals surface area contributed by atoms with Crippen LogP contribution in [0.3, 0.4) is 0 Å². The average Bonchev–Trinajstić information content (AvgIpc) is 2.89. The van der Waals surface area contributed by atoms with E-state index in [2.05, 4.69) is 4.98 Å². The molecular formula is C17H14F3NO. The Hall–Kier alpha value is -2.43. The minimum Gasteiger partial charge on any atom is -0.455 e. The SMILES string of the molecule is CCc1ccccc1Oc1c[nH]c2ccc(C(F)(F)F)cc12. The van der Waals surface area contributed by atoms with E-state index in [1.54, 1.807) is 6.20 Å². The highest BCUT2D eigenvalue weighted by Crippen LogP contribution is 2.36. The Morgan fingerprint density at radius 3 is 2.55 bits per heavy atom. The van der Waals surface area contributed by atoms with Crippen LogP contribution in [0.25, 0.3) is 10.9 Å². The van der Waals surface area contributed by atoms with Crippen LogP contribution >= 0.6 is 0 Å². The summed E-state index contributed by atoms with van der Waals surface area (Å²) in [6, 6.07) is 11.1. The zero-order chi connectivity index (χ0) is 15.7. The van der Waals surface area contributed by atoms with Crippen molar-refractivity contribution in [1.29, 1.82) is 0 Å². The predicted octanol–water partition coefficient (Wildman–Crippen LogP) is 5.54. The quantitative estimate of drug-likeness (QED) is 0.675. The number of hydrogen-bond acceptors (Lipinski definition) is 1. The number of hydrogen-bond donors (Lipinski definition) is 1. The van der Waals surface area contributed by atoms with Gasteiger partial charge in [-0.25, -0.2) is 0 Å². The van der Waals surface area contributed by atoms with E-state index in [0.29, 0.717) is 22.4 Å². The van der Waals surface area contributed by atoms with E-state index in [4.69, 9.17) is 4.74 Å². The van der Waals surface area contributed by atoms with E-state index in [-0.39, 0.29) is 0 Å². The van der Waals surface area contributed by atoms with Crippen LogP contribution in [-0.4, -0.2) is 4.98 Å². The Bertz CT molecular complexity index is 805. The number of aromatic nitrogens is 1. The Kier molecular flexibility index (Phi) is 3.56. The van der Waals surface area contributed by atoms with Crippen molar-refractivity contribution < 1.29 is 17.9 Å². The molecule has 3 aromatic rings. The third-order valence-corrected chi connectivity index (χ3v) is 3.54. The van der Waals surface area contributed by atoms with E-state index in [0.717, 1.165) is 24.1 Å². The number of nitrogens with one attached hydrogen (secondary N) is 1. The maximum atomic E-state index is 12.8. The molecule has 0 aliphatic heterocycles. The van der Waals surface area contributed by atoms with E-state index in [9.17, 15) is 13.2 Å². The van der Waals surface area contributed by atoms with Crippen LogP contribution in [0.5, 0.6) is 11.5 Å². The Morgan fingerprint density at radius 2 is 1.82 bits per heavy atom. The topological polar surface area (TPSA) is 25.0 Å². The monoisotopic (exact) mass is 305 g/mol. The van der Waals surface area contributed by atoms with Crippen LogP contribution in [0.15, 0.2) is 48.7 Å². The predicted molar refractivity (Wildman–Crippen MR) is 79.2 cm³/mol. The van der Waals surface area contributed by atoms with Crippen molar-refractivity contribution >= 4 is 10.9 Å².